The van der Waals surface area contributed by atoms with Crippen molar-refractivity contribution in [3.8, 4) is 5.75 Å². The topological polar surface area (TPSA) is 81.9 Å². The van der Waals surface area contributed by atoms with E-state index in [0.29, 0.717) is 23.2 Å². The van der Waals surface area contributed by atoms with E-state index in [1.165, 1.54) is 17.5 Å². The molecule has 2 rings (SSSR count). The van der Waals surface area contributed by atoms with Gasteiger partial charge in [-0.1, -0.05) is 0 Å². The van der Waals surface area contributed by atoms with Crippen LogP contribution in [0.3, 0.4) is 0 Å². The number of hydrogen-bond donors (Lipinski definition) is 1. The van der Waals surface area contributed by atoms with Crippen LogP contribution in [0.25, 0.3) is 0 Å². The van der Waals surface area contributed by atoms with E-state index in [1.54, 1.807) is 6.07 Å². The highest BCUT2D eigenvalue weighted by atomic mass is 79.9. The molecule has 6 nitrogen and oxygen atoms in total. The van der Waals surface area contributed by atoms with Crippen molar-refractivity contribution in [1.29, 1.82) is 0 Å². The van der Waals surface area contributed by atoms with E-state index in [9.17, 15) is 8.42 Å². The van der Waals surface area contributed by atoms with Crippen LogP contribution >= 0.6 is 15.9 Å². The molecule has 2 atom stereocenters. The highest BCUT2D eigenvalue weighted by molar-refractivity contribution is 9.10. The number of nitrogen functional groups attached to an aromatic ring is 1. The van der Waals surface area contributed by atoms with Crippen LogP contribution in [0.1, 0.15) is 13.8 Å². The first-order valence-corrected chi connectivity index (χ1v) is 8.77. The Hall–Kier alpha value is -0.830. The average Bonchev–Trinajstić information content (AvgIpc) is 2.40. The minimum absolute atomic E-state index is 0.0759. The Morgan fingerprint density at radius 1 is 1.33 bits per heavy atom. The highest BCUT2D eigenvalue weighted by Gasteiger charge is 2.34. The summed E-state index contributed by atoms with van der Waals surface area (Å²) in [6.45, 7) is 4.33. The molecule has 0 saturated carbocycles. The maximum Gasteiger partial charge on any atom is 0.247 e. The Morgan fingerprint density at radius 3 is 2.43 bits per heavy atom. The predicted molar refractivity (Wildman–Crippen MR) is 83.9 cm³/mol. The van der Waals surface area contributed by atoms with Crippen molar-refractivity contribution in [2.75, 3.05) is 25.9 Å². The molecule has 8 heteroatoms. The third-order valence-electron chi connectivity index (χ3n) is 3.29. The molecule has 118 valence electrons. The lowest BCUT2D eigenvalue weighted by Gasteiger charge is -2.34. The third kappa shape index (κ3) is 3.33. The van der Waals surface area contributed by atoms with Crippen molar-refractivity contribution in [3.05, 3.63) is 16.6 Å². The summed E-state index contributed by atoms with van der Waals surface area (Å²) < 4.78 is 38.5. The molecule has 0 bridgehead atoms. The van der Waals surface area contributed by atoms with Crippen molar-refractivity contribution in [2.24, 2.45) is 0 Å². The number of ether oxygens (including phenoxy) is 2. The van der Waals surface area contributed by atoms with Gasteiger partial charge in [0.05, 0.1) is 19.3 Å². The monoisotopic (exact) mass is 378 g/mol. The Labute approximate surface area is 133 Å². The first-order chi connectivity index (χ1) is 9.75. The van der Waals surface area contributed by atoms with Gasteiger partial charge in [0, 0.05) is 23.2 Å². The van der Waals surface area contributed by atoms with Gasteiger partial charge in [-0.05, 0) is 41.9 Å². The normalized spacial score (nSPS) is 24.0. The maximum atomic E-state index is 12.8. The standard InChI is InChI=1S/C13H19BrN2O4S/c1-8-6-16(7-9(2)20-8)21(17,18)13-5-11(15)10(14)4-12(13)19-3/h4-5,8-9H,6-7,15H2,1-3H3/t8-,9+. The molecule has 1 heterocycles. The third-order valence-corrected chi connectivity index (χ3v) is 5.83. The van der Waals surface area contributed by atoms with E-state index in [4.69, 9.17) is 15.2 Å². The van der Waals surface area contributed by atoms with Gasteiger partial charge in [0.1, 0.15) is 10.6 Å². The van der Waals surface area contributed by atoms with Crippen molar-refractivity contribution < 1.29 is 17.9 Å². The van der Waals surface area contributed by atoms with Gasteiger partial charge in [-0.3, -0.25) is 0 Å². The van der Waals surface area contributed by atoms with Crippen LogP contribution in [-0.2, 0) is 14.8 Å². The first-order valence-electron chi connectivity index (χ1n) is 6.54. The van der Waals surface area contributed by atoms with E-state index in [-0.39, 0.29) is 22.9 Å². The lowest BCUT2D eigenvalue weighted by Crippen LogP contribution is -2.48. The fraction of sp³-hybridized carbons (Fsp3) is 0.538. The second-order valence-electron chi connectivity index (χ2n) is 5.10. The number of benzene rings is 1. The van der Waals surface area contributed by atoms with Gasteiger partial charge in [-0.2, -0.15) is 4.31 Å². The maximum absolute atomic E-state index is 12.8. The Morgan fingerprint density at radius 2 is 1.90 bits per heavy atom. The number of halogens is 1. The van der Waals surface area contributed by atoms with Crippen molar-refractivity contribution in [2.45, 2.75) is 31.0 Å². The van der Waals surface area contributed by atoms with Crippen LogP contribution in [0, 0.1) is 0 Å². The van der Waals surface area contributed by atoms with Gasteiger partial charge in [0.15, 0.2) is 0 Å². The number of methoxy groups -OCH3 is 1. The smallest absolute Gasteiger partial charge is 0.247 e. The summed E-state index contributed by atoms with van der Waals surface area (Å²) in [6, 6.07) is 2.98. The molecular weight excluding hydrogens is 360 g/mol. The van der Waals surface area contributed by atoms with E-state index in [1.807, 2.05) is 13.8 Å². The fourth-order valence-electron chi connectivity index (χ4n) is 2.38. The minimum Gasteiger partial charge on any atom is -0.495 e. The molecule has 1 aliphatic heterocycles. The van der Waals surface area contributed by atoms with Gasteiger partial charge in [0.25, 0.3) is 0 Å². The molecule has 1 aromatic carbocycles. The molecule has 1 saturated heterocycles. The Balaban J connectivity index is 2.46. The second kappa shape index (κ2) is 6.12. The first kappa shape index (κ1) is 16.5. The molecule has 0 radical (unpaired) electrons. The lowest BCUT2D eigenvalue weighted by molar-refractivity contribution is -0.0441. The lowest BCUT2D eigenvalue weighted by atomic mass is 10.3. The number of hydrogen-bond acceptors (Lipinski definition) is 5. The Bertz CT molecular complexity index is 625. The molecule has 0 spiro atoms. The predicted octanol–water partition coefficient (Wildman–Crippen LogP) is 1.84. The van der Waals surface area contributed by atoms with E-state index >= 15 is 0 Å². The van der Waals surface area contributed by atoms with Crippen LogP contribution in [-0.4, -0.2) is 45.1 Å². The SMILES string of the molecule is COc1cc(Br)c(N)cc1S(=O)(=O)N1C[C@@H](C)O[C@@H](C)C1. The van der Waals surface area contributed by atoms with E-state index < -0.39 is 10.0 Å². The molecule has 0 aliphatic carbocycles. The zero-order valence-electron chi connectivity index (χ0n) is 12.2. The van der Waals surface area contributed by atoms with Crippen LogP contribution < -0.4 is 10.5 Å². The van der Waals surface area contributed by atoms with Gasteiger partial charge >= 0.3 is 0 Å². The molecule has 0 amide bonds. The fourth-order valence-corrected chi connectivity index (χ4v) is 4.46. The van der Waals surface area contributed by atoms with E-state index in [0.717, 1.165) is 0 Å². The van der Waals surface area contributed by atoms with Gasteiger partial charge < -0.3 is 15.2 Å². The van der Waals surface area contributed by atoms with Crippen molar-refractivity contribution >= 4 is 31.6 Å². The molecule has 1 aliphatic rings. The van der Waals surface area contributed by atoms with Crippen LogP contribution in [0.4, 0.5) is 5.69 Å². The van der Waals surface area contributed by atoms with Crippen molar-refractivity contribution in [1.82, 2.24) is 4.31 Å². The number of anilines is 1. The summed E-state index contributed by atoms with van der Waals surface area (Å²) in [5.41, 5.74) is 6.17. The molecule has 2 N–H and O–H groups in total. The summed E-state index contributed by atoms with van der Waals surface area (Å²) in [6.07, 6.45) is -0.301. The summed E-state index contributed by atoms with van der Waals surface area (Å²) in [5, 5.41) is 0. The molecular formula is C13H19BrN2O4S. The van der Waals surface area contributed by atoms with Gasteiger partial charge in [0.2, 0.25) is 10.0 Å². The average molecular weight is 379 g/mol. The zero-order chi connectivity index (χ0) is 15.8. The largest absolute Gasteiger partial charge is 0.495 e. The molecule has 0 aromatic heterocycles. The molecule has 1 aromatic rings. The summed E-state index contributed by atoms with van der Waals surface area (Å²) in [4.78, 5) is 0.0759. The van der Waals surface area contributed by atoms with E-state index in [2.05, 4.69) is 15.9 Å². The van der Waals surface area contributed by atoms with Crippen LogP contribution in [0.2, 0.25) is 0 Å². The van der Waals surface area contributed by atoms with Crippen LogP contribution in [0.15, 0.2) is 21.5 Å². The zero-order valence-corrected chi connectivity index (χ0v) is 14.6. The number of morpholine rings is 1. The van der Waals surface area contributed by atoms with Crippen molar-refractivity contribution in [3.63, 3.8) is 0 Å². The number of nitrogens with zero attached hydrogens (tertiary/aromatic N) is 1. The Kier molecular flexibility index (Phi) is 4.82. The molecule has 0 unspecified atom stereocenters. The van der Waals surface area contributed by atoms with Gasteiger partial charge in [-0.15, -0.1) is 0 Å². The minimum atomic E-state index is -3.68. The number of rotatable bonds is 3. The second-order valence-corrected chi connectivity index (χ2v) is 7.86. The van der Waals surface area contributed by atoms with Crippen LogP contribution in [0.5, 0.6) is 5.75 Å². The molecule has 21 heavy (non-hydrogen) atoms. The highest BCUT2D eigenvalue weighted by Crippen LogP contribution is 2.34. The number of sulfonamides is 1. The number of nitrogens with two attached hydrogens (primary N) is 1. The van der Waals surface area contributed by atoms with Gasteiger partial charge in [-0.25, -0.2) is 8.42 Å². The summed E-state index contributed by atoms with van der Waals surface area (Å²) in [7, 11) is -2.25. The quantitative estimate of drug-likeness (QED) is 0.811. The molecule has 1 fully saturated rings. The summed E-state index contributed by atoms with van der Waals surface area (Å²) in [5.74, 6) is 0.267. The summed E-state index contributed by atoms with van der Waals surface area (Å²) >= 11 is 3.27.